The molecule has 2 aliphatic rings. The van der Waals surface area contributed by atoms with Crippen molar-refractivity contribution in [3.8, 4) is 5.75 Å². The number of hydrogen-bond donors (Lipinski definition) is 1. The van der Waals surface area contributed by atoms with Crippen molar-refractivity contribution in [1.82, 2.24) is 9.80 Å². The Morgan fingerprint density at radius 2 is 1.95 bits per heavy atom. The van der Waals surface area contributed by atoms with Gasteiger partial charge in [0, 0.05) is 44.0 Å². The Labute approximate surface area is 119 Å². The number of nitrogens with zero attached hydrogens (tertiary/aromatic N) is 2. The third-order valence-electron chi connectivity index (χ3n) is 4.12. The fourth-order valence-corrected chi connectivity index (χ4v) is 2.78. The molecule has 1 aromatic carbocycles. The number of carbonyl (C=O) groups excluding carboxylic acids is 1. The zero-order valence-electron chi connectivity index (χ0n) is 11.8. The van der Waals surface area contributed by atoms with E-state index < -0.39 is 0 Å². The van der Waals surface area contributed by atoms with E-state index in [2.05, 4.69) is 4.90 Å². The molecule has 3 rings (SSSR count). The molecule has 0 bridgehead atoms. The van der Waals surface area contributed by atoms with E-state index in [0.29, 0.717) is 17.0 Å². The summed E-state index contributed by atoms with van der Waals surface area (Å²) in [7, 11) is 1.57. The number of methoxy groups -OCH3 is 1. The van der Waals surface area contributed by atoms with Gasteiger partial charge in [-0.05, 0) is 25.0 Å². The van der Waals surface area contributed by atoms with E-state index in [1.165, 1.54) is 12.8 Å². The van der Waals surface area contributed by atoms with Crippen LogP contribution in [0.1, 0.15) is 23.2 Å². The van der Waals surface area contributed by atoms with Crippen LogP contribution in [0.3, 0.4) is 0 Å². The van der Waals surface area contributed by atoms with E-state index in [9.17, 15) is 4.79 Å². The molecule has 108 valence electrons. The van der Waals surface area contributed by atoms with Gasteiger partial charge in [0.2, 0.25) is 0 Å². The van der Waals surface area contributed by atoms with E-state index in [0.717, 1.165) is 32.2 Å². The molecule has 1 amide bonds. The number of piperazine rings is 1. The van der Waals surface area contributed by atoms with Crippen LogP contribution in [0.4, 0.5) is 5.69 Å². The molecule has 0 spiro atoms. The maximum absolute atomic E-state index is 12.6. The second-order valence-corrected chi connectivity index (χ2v) is 5.52. The molecule has 1 aromatic rings. The third-order valence-corrected chi connectivity index (χ3v) is 4.12. The molecule has 0 unspecified atom stereocenters. The molecule has 0 radical (unpaired) electrons. The van der Waals surface area contributed by atoms with Crippen molar-refractivity contribution < 1.29 is 9.53 Å². The SMILES string of the molecule is COc1cc(N)ccc1C(=O)N1CCN(C2CC2)CC1. The maximum Gasteiger partial charge on any atom is 0.257 e. The minimum absolute atomic E-state index is 0.0392. The Bertz CT molecular complexity index is 506. The first-order chi connectivity index (χ1) is 9.69. The standard InChI is InChI=1S/C15H21N3O2/c1-20-14-10-11(16)2-5-13(14)15(19)18-8-6-17(7-9-18)12-3-4-12/h2,5,10,12H,3-4,6-9,16H2,1H3. The van der Waals surface area contributed by atoms with Crippen LogP contribution in [-0.2, 0) is 0 Å². The number of ether oxygens (including phenoxy) is 1. The van der Waals surface area contributed by atoms with Gasteiger partial charge in [0.1, 0.15) is 5.75 Å². The molecule has 1 saturated carbocycles. The number of nitrogens with two attached hydrogens (primary N) is 1. The topological polar surface area (TPSA) is 58.8 Å². The molecule has 0 atom stereocenters. The lowest BCUT2D eigenvalue weighted by molar-refractivity contribution is 0.0624. The Hall–Kier alpha value is -1.75. The summed E-state index contributed by atoms with van der Waals surface area (Å²) in [6.07, 6.45) is 2.64. The number of benzene rings is 1. The molecular weight excluding hydrogens is 254 g/mol. The molecule has 20 heavy (non-hydrogen) atoms. The summed E-state index contributed by atoms with van der Waals surface area (Å²) in [4.78, 5) is 17.0. The molecule has 0 aromatic heterocycles. The predicted molar refractivity (Wildman–Crippen MR) is 77.9 cm³/mol. The van der Waals surface area contributed by atoms with Gasteiger partial charge in [0.15, 0.2) is 0 Å². The second kappa shape index (κ2) is 5.32. The zero-order valence-corrected chi connectivity index (χ0v) is 11.8. The van der Waals surface area contributed by atoms with Crippen molar-refractivity contribution in [2.75, 3.05) is 39.0 Å². The second-order valence-electron chi connectivity index (χ2n) is 5.52. The van der Waals surface area contributed by atoms with Crippen molar-refractivity contribution in [2.45, 2.75) is 18.9 Å². The molecule has 2 N–H and O–H groups in total. The molecular formula is C15H21N3O2. The van der Waals surface area contributed by atoms with Gasteiger partial charge in [0.25, 0.3) is 5.91 Å². The van der Waals surface area contributed by atoms with Gasteiger partial charge in [-0.15, -0.1) is 0 Å². The first kappa shape index (κ1) is 13.2. The monoisotopic (exact) mass is 275 g/mol. The zero-order chi connectivity index (χ0) is 14.1. The fourth-order valence-electron chi connectivity index (χ4n) is 2.78. The lowest BCUT2D eigenvalue weighted by atomic mass is 10.1. The molecule has 1 aliphatic heterocycles. The van der Waals surface area contributed by atoms with Crippen LogP contribution in [0.5, 0.6) is 5.75 Å². The molecule has 2 fully saturated rings. The number of amides is 1. The number of rotatable bonds is 3. The van der Waals surface area contributed by atoms with Crippen LogP contribution >= 0.6 is 0 Å². The van der Waals surface area contributed by atoms with E-state index in [1.54, 1.807) is 25.3 Å². The van der Waals surface area contributed by atoms with Gasteiger partial charge in [-0.3, -0.25) is 9.69 Å². The Morgan fingerprint density at radius 1 is 1.25 bits per heavy atom. The van der Waals surface area contributed by atoms with Crippen LogP contribution in [-0.4, -0.2) is 55.0 Å². The Balaban J connectivity index is 1.69. The molecule has 1 aliphatic carbocycles. The van der Waals surface area contributed by atoms with Crippen molar-refractivity contribution in [3.05, 3.63) is 23.8 Å². The average molecular weight is 275 g/mol. The van der Waals surface area contributed by atoms with Crippen molar-refractivity contribution in [1.29, 1.82) is 0 Å². The normalized spacial score (nSPS) is 19.9. The van der Waals surface area contributed by atoms with Crippen molar-refractivity contribution >= 4 is 11.6 Å². The summed E-state index contributed by atoms with van der Waals surface area (Å²) in [6, 6.07) is 5.98. The quantitative estimate of drug-likeness (QED) is 0.842. The van der Waals surface area contributed by atoms with Gasteiger partial charge in [-0.25, -0.2) is 0 Å². The van der Waals surface area contributed by atoms with E-state index >= 15 is 0 Å². The molecule has 1 heterocycles. The van der Waals surface area contributed by atoms with Gasteiger partial charge in [-0.2, -0.15) is 0 Å². The highest BCUT2D eigenvalue weighted by Gasteiger charge is 2.32. The first-order valence-corrected chi connectivity index (χ1v) is 7.16. The summed E-state index contributed by atoms with van der Waals surface area (Å²) in [6.45, 7) is 3.55. The maximum atomic E-state index is 12.6. The lowest BCUT2D eigenvalue weighted by Gasteiger charge is -2.35. The lowest BCUT2D eigenvalue weighted by Crippen LogP contribution is -2.49. The summed E-state index contributed by atoms with van der Waals surface area (Å²) >= 11 is 0. The number of nitrogen functional groups attached to an aromatic ring is 1. The highest BCUT2D eigenvalue weighted by Crippen LogP contribution is 2.28. The van der Waals surface area contributed by atoms with E-state index in [1.807, 2.05) is 4.90 Å². The summed E-state index contributed by atoms with van der Waals surface area (Å²) < 4.78 is 5.27. The fraction of sp³-hybridized carbons (Fsp3) is 0.533. The number of hydrogen-bond acceptors (Lipinski definition) is 4. The third kappa shape index (κ3) is 2.58. The van der Waals surface area contributed by atoms with Crippen LogP contribution in [0, 0.1) is 0 Å². The van der Waals surface area contributed by atoms with Crippen LogP contribution < -0.4 is 10.5 Å². The van der Waals surface area contributed by atoms with E-state index in [-0.39, 0.29) is 5.91 Å². The molecule has 5 nitrogen and oxygen atoms in total. The number of carbonyl (C=O) groups is 1. The summed E-state index contributed by atoms with van der Waals surface area (Å²) in [5.41, 5.74) is 6.94. The molecule has 5 heteroatoms. The highest BCUT2D eigenvalue weighted by atomic mass is 16.5. The summed E-state index contributed by atoms with van der Waals surface area (Å²) in [5, 5.41) is 0. The van der Waals surface area contributed by atoms with Gasteiger partial charge in [-0.1, -0.05) is 0 Å². The Kier molecular flexibility index (Phi) is 3.53. The summed E-state index contributed by atoms with van der Waals surface area (Å²) in [5.74, 6) is 0.594. The number of anilines is 1. The first-order valence-electron chi connectivity index (χ1n) is 7.16. The van der Waals surface area contributed by atoms with Crippen LogP contribution in [0.15, 0.2) is 18.2 Å². The average Bonchev–Trinajstić information content (AvgIpc) is 3.31. The predicted octanol–water partition coefficient (Wildman–Crippen LogP) is 1.20. The van der Waals surface area contributed by atoms with Gasteiger partial charge >= 0.3 is 0 Å². The minimum Gasteiger partial charge on any atom is -0.496 e. The highest BCUT2D eigenvalue weighted by molar-refractivity contribution is 5.97. The molecule has 1 saturated heterocycles. The van der Waals surface area contributed by atoms with Crippen molar-refractivity contribution in [2.24, 2.45) is 0 Å². The van der Waals surface area contributed by atoms with Crippen LogP contribution in [0.2, 0.25) is 0 Å². The Morgan fingerprint density at radius 3 is 2.55 bits per heavy atom. The van der Waals surface area contributed by atoms with Crippen molar-refractivity contribution in [3.63, 3.8) is 0 Å². The minimum atomic E-state index is 0.0392. The van der Waals surface area contributed by atoms with Crippen LogP contribution in [0.25, 0.3) is 0 Å². The van der Waals surface area contributed by atoms with E-state index in [4.69, 9.17) is 10.5 Å². The smallest absolute Gasteiger partial charge is 0.257 e. The largest absolute Gasteiger partial charge is 0.496 e. The van der Waals surface area contributed by atoms with Gasteiger partial charge < -0.3 is 15.4 Å². The van der Waals surface area contributed by atoms with Gasteiger partial charge in [0.05, 0.1) is 12.7 Å².